The molecule has 0 aliphatic carbocycles. The molecule has 0 amide bonds. The standard InChI is InChI=1S/C19H46O6Si4/c1-20-19-18(25-29(11,12)13)17(24-28(8,9)10)16(23-27(5,6)7)15(22-19)14-21-26(2,3)4/h15-19H,14H2,1-13H3/t15-,16-,17+,18-,19+/m1/s1. The SMILES string of the molecule is CO[C@H]1O[C@H](CO[Si](C)(C)C)[C@@H](O[Si](C)(C)C)[C@H](O[Si](C)(C)C)[C@H]1O[Si](C)(C)C. The zero-order chi connectivity index (χ0) is 22.8. The van der Waals surface area contributed by atoms with Gasteiger partial charge in [0.25, 0.3) is 0 Å². The molecule has 0 saturated carbocycles. The molecule has 1 fully saturated rings. The first-order valence-corrected chi connectivity index (χ1v) is 24.3. The van der Waals surface area contributed by atoms with Gasteiger partial charge in [0, 0.05) is 7.11 Å². The van der Waals surface area contributed by atoms with Crippen molar-refractivity contribution < 1.29 is 27.2 Å². The van der Waals surface area contributed by atoms with Crippen LogP contribution in [0.3, 0.4) is 0 Å². The maximum atomic E-state index is 6.72. The summed E-state index contributed by atoms with van der Waals surface area (Å²) in [6.45, 7) is 26.8. The van der Waals surface area contributed by atoms with Crippen LogP contribution in [0.25, 0.3) is 0 Å². The minimum atomic E-state index is -1.88. The molecule has 174 valence electrons. The van der Waals surface area contributed by atoms with Gasteiger partial charge in [-0.1, -0.05) is 0 Å². The third kappa shape index (κ3) is 10.7. The fourth-order valence-electron chi connectivity index (χ4n) is 3.16. The highest BCUT2D eigenvalue weighted by molar-refractivity contribution is 6.71. The van der Waals surface area contributed by atoms with Crippen molar-refractivity contribution in [3.63, 3.8) is 0 Å². The van der Waals surface area contributed by atoms with Gasteiger partial charge in [0.1, 0.15) is 24.4 Å². The van der Waals surface area contributed by atoms with E-state index >= 15 is 0 Å². The molecule has 0 aromatic heterocycles. The lowest BCUT2D eigenvalue weighted by Crippen LogP contribution is -2.66. The van der Waals surface area contributed by atoms with Crippen molar-refractivity contribution in [1.29, 1.82) is 0 Å². The van der Waals surface area contributed by atoms with Gasteiger partial charge in [-0.25, -0.2) is 0 Å². The third-order valence-corrected chi connectivity index (χ3v) is 7.94. The summed E-state index contributed by atoms with van der Waals surface area (Å²) in [5.74, 6) is 0. The third-order valence-electron chi connectivity index (χ3n) is 3.97. The molecule has 6 nitrogen and oxygen atoms in total. The first-order chi connectivity index (χ1) is 12.8. The summed E-state index contributed by atoms with van der Waals surface area (Å²) < 4.78 is 38.4. The lowest BCUT2D eigenvalue weighted by atomic mass is 9.99. The summed E-state index contributed by atoms with van der Waals surface area (Å²) in [5, 5.41) is 0. The van der Waals surface area contributed by atoms with Crippen molar-refractivity contribution in [3.05, 3.63) is 0 Å². The van der Waals surface area contributed by atoms with Crippen molar-refractivity contribution in [2.75, 3.05) is 13.7 Å². The van der Waals surface area contributed by atoms with Gasteiger partial charge in [-0.05, 0) is 78.6 Å². The molecule has 0 aromatic rings. The van der Waals surface area contributed by atoms with Crippen LogP contribution in [-0.4, -0.2) is 77.7 Å². The maximum absolute atomic E-state index is 6.72. The normalized spacial score (nSPS) is 29.9. The Bertz CT molecular complexity index is 507. The number of hydrogen-bond acceptors (Lipinski definition) is 6. The van der Waals surface area contributed by atoms with Crippen molar-refractivity contribution >= 4 is 33.3 Å². The zero-order valence-electron chi connectivity index (χ0n) is 21.0. The molecule has 0 spiro atoms. The second-order valence-corrected chi connectivity index (χ2v) is 29.7. The van der Waals surface area contributed by atoms with E-state index in [1.807, 2.05) is 0 Å². The summed E-state index contributed by atoms with van der Waals surface area (Å²) in [7, 11) is -5.66. The van der Waals surface area contributed by atoms with E-state index in [0.717, 1.165) is 0 Å². The Morgan fingerprint density at radius 2 is 1.00 bits per heavy atom. The van der Waals surface area contributed by atoms with E-state index in [9.17, 15) is 0 Å². The monoisotopic (exact) mass is 482 g/mol. The molecular weight excluding hydrogens is 437 g/mol. The second-order valence-electron chi connectivity index (χ2n) is 11.8. The van der Waals surface area contributed by atoms with Gasteiger partial charge in [-0.3, -0.25) is 0 Å². The summed E-state index contributed by atoms with van der Waals surface area (Å²) in [5.41, 5.74) is 0. The molecule has 5 atom stereocenters. The Morgan fingerprint density at radius 1 is 0.586 bits per heavy atom. The maximum Gasteiger partial charge on any atom is 0.185 e. The molecule has 1 aliphatic heterocycles. The molecule has 0 aromatic carbocycles. The van der Waals surface area contributed by atoms with Gasteiger partial charge in [0.2, 0.25) is 0 Å². The lowest BCUT2D eigenvalue weighted by molar-refractivity contribution is -0.283. The molecule has 1 aliphatic rings. The highest BCUT2D eigenvalue weighted by Crippen LogP contribution is 2.34. The van der Waals surface area contributed by atoms with E-state index in [0.29, 0.717) is 6.61 Å². The zero-order valence-corrected chi connectivity index (χ0v) is 25.0. The fraction of sp³-hybridized carbons (Fsp3) is 1.00. The van der Waals surface area contributed by atoms with Gasteiger partial charge in [0.15, 0.2) is 39.6 Å². The average molecular weight is 483 g/mol. The van der Waals surface area contributed by atoms with Gasteiger partial charge in [-0.15, -0.1) is 0 Å². The van der Waals surface area contributed by atoms with Gasteiger partial charge >= 0.3 is 0 Å². The van der Waals surface area contributed by atoms with E-state index in [1.54, 1.807) is 7.11 Å². The average Bonchev–Trinajstić information content (AvgIpc) is 2.44. The quantitative estimate of drug-likeness (QED) is 0.414. The van der Waals surface area contributed by atoms with Crippen molar-refractivity contribution in [1.82, 2.24) is 0 Å². The van der Waals surface area contributed by atoms with Gasteiger partial charge in [-0.2, -0.15) is 0 Å². The van der Waals surface area contributed by atoms with Crippen molar-refractivity contribution in [2.24, 2.45) is 0 Å². The fourth-order valence-corrected chi connectivity index (χ4v) is 7.07. The Morgan fingerprint density at radius 3 is 1.38 bits per heavy atom. The van der Waals surface area contributed by atoms with E-state index in [2.05, 4.69) is 78.6 Å². The Balaban J connectivity index is 3.34. The summed E-state index contributed by atoms with van der Waals surface area (Å²) in [4.78, 5) is 0. The summed E-state index contributed by atoms with van der Waals surface area (Å²) >= 11 is 0. The van der Waals surface area contributed by atoms with Crippen LogP contribution < -0.4 is 0 Å². The van der Waals surface area contributed by atoms with Crippen LogP contribution in [0.5, 0.6) is 0 Å². The Kier molecular flexibility index (Phi) is 9.59. The smallest absolute Gasteiger partial charge is 0.185 e. The Labute approximate surface area is 183 Å². The number of rotatable bonds is 10. The van der Waals surface area contributed by atoms with Crippen LogP contribution in [-0.2, 0) is 27.2 Å². The first-order valence-electron chi connectivity index (χ1n) is 10.7. The van der Waals surface area contributed by atoms with E-state index < -0.39 is 39.6 Å². The van der Waals surface area contributed by atoms with E-state index in [1.165, 1.54) is 0 Å². The van der Waals surface area contributed by atoms with Crippen molar-refractivity contribution in [2.45, 2.75) is 109 Å². The molecule has 0 unspecified atom stereocenters. The van der Waals surface area contributed by atoms with Crippen LogP contribution in [0.2, 0.25) is 78.6 Å². The summed E-state index contributed by atoms with van der Waals surface area (Å²) in [6, 6.07) is 0. The van der Waals surface area contributed by atoms with Crippen LogP contribution in [0.1, 0.15) is 0 Å². The highest BCUT2D eigenvalue weighted by Gasteiger charge is 2.51. The van der Waals surface area contributed by atoms with Crippen LogP contribution >= 0.6 is 0 Å². The van der Waals surface area contributed by atoms with Crippen LogP contribution in [0.4, 0.5) is 0 Å². The number of hydrogen-bond donors (Lipinski definition) is 0. The minimum absolute atomic E-state index is 0.238. The van der Waals surface area contributed by atoms with Crippen LogP contribution in [0, 0.1) is 0 Å². The molecule has 1 heterocycles. The van der Waals surface area contributed by atoms with E-state index in [4.69, 9.17) is 27.2 Å². The number of ether oxygens (including phenoxy) is 2. The molecular formula is C19H46O6Si4. The number of methoxy groups -OCH3 is 1. The largest absolute Gasteiger partial charge is 0.415 e. The molecule has 10 heteroatoms. The molecule has 1 rings (SSSR count). The molecule has 0 bridgehead atoms. The molecule has 0 radical (unpaired) electrons. The van der Waals surface area contributed by atoms with Crippen molar-refractivity contribution in [3.8, 4) is 0 Å². The van der Waals surface area contributed by atoms with Crippen LogP contribution in [0.15, 0.2) is 0 Å². The van der Waals surface area contributed by atoms with E-state index in [-0.39, 0.29) is 24.4 Å². The van der Waals surface area contributed by atoms with Gasteiger partial charge < -0.3 is 27.2 Å². The predicted molar refractivity (Wildman–Crippen MR) is 130 cm³/mol. The molecule has 29 heavy (non-hydrogen) atoms. The molecule has 1 saturated heterocycles. The topological polar surface area (TPSA) is 55.4 Å². The lowest BCUT2D eigenvalue weighted by Gasteiger charge is -2.50. The predicted octanol–water partition coefficient (Wildman–Crippen LogP) is 4.87. The molecule has 0 N–H and O–H groups in total. The van der Waals surface area contributed by atoms with Gasteiger partial charge in [0.05, 0.1) is 6.61 Å². The Hall–Kier alpha value is 0.628. The minimum Gasteiger partial charge on any atom is -0.415 e. The summed E-state index contributed by atoms with van der Waals surface area (Å²) in [6.07, 6.45) is -1.55. The first kappa shape index (κ1) is 27.7. The highest BCUT2D eigenvalue weighted by atomic mass is 28.4. The second kappa shape index (κ2) is 10.1.